The van der Waals surface area contributed by atoms with E-state index in [-0.39, 0.29) is 0 Å². The van der Waals surface area contributed by atoms with Crippen LogP contribution in [0.25, 0.3) is 6.08 Å². The first-order chi connectivity index (χ1) is 11.3. The Balaban J connectivity index is 1.75. The minimum Gasteiger partial charge on any atom is -0.494 e. The number of aliphatic imine (C=N–C) groups is 1. The van der Waals surface area contributed by atoms with Crippen molar-refractivity contribution in [3.63, 3.8) is 0 Å². The van der Waals surface area contributed by atoms with Gasteiger partial charge in [0.2, 0.25) is 0 Å². The molecular weight excluding hydrogens is 370 g/mol. The van der Waals surface area contributed by atoms with E-state index in [1.54, 1.807) is 11.3 Å². The minimum absolute atomic E-state index is 0.795. The van der Waals surface area contributed by atoms with Gasteiger partial charge in [-0.15, -0.1) is 11.3 Å². The maximum absolute atomic E-state index is 5.82. The standard InChI is InChI=1S/C19H20BrNOS/c1-2-3-12-22-15-4-7-17-14(13-15)10-11-21-18(17)8-5-16-6-9-19(20)23-16/h4-9,13H,2-3,10-12H2,1H3. The van der Waals surface area contributed by atoms with E-state index >= 15 is 0 Å². The number of unbranched alkanes of at least 4 members (excludes halogenated alkanes) is 1. The summed E-state index contributed by atoms with van der Waals surface area (Å²) in [4.78, 5) is 5.91. The zero-order chi connectivity index (χ0) is 16.1. The van der Waals surface area contributed by atoms with Crippen molar-refractivity contribution in [1.29, 1.82) is 0 Å². The molecule has 1 aromatic carbocycles. The van der Waals surface area contributed by atoms with E-state index < -0.39 is 0 Å². The molecule has 23 heavy (non-hydrogen) atoms. The third-order valence-electron chi connectivity index (χ3n) is 3.78. The molecule has 0 spiro atoms. The number of halogens is 1. The molecule has 0 atom stereocenters. The highest BCUT2D eigenvalue weighted by atomic mass is 79.9. The number of ether oxygens (including phenoxy) is 1. The predicted molar refractivity (Wildman–Crippen MR) is 103 cm³/mol. The van der Waals surface area contributed by atoms with Crippen molar-refractivity contribution < 1.29 is 4.74 Å². The van der Waals surface area contributed by atoms with Crippen LogP contribution in [0.15, 0.2) is 45.2 Å². The number of rotatable bonds is 6. The molecule has 0 unspecified atom stereocenters. The molecule has 1 aromatic heterocycles. The minimum atomic E-state index is 0.795. The number of allylic oxidation sites excluding steroid dienone is 1. The Bertz CT molecular complexity index is 733. The molecule has 0 amide bonds. The number of benzene rings is 1. The lowest BCUT2D eigenvalue weighted by Gasteiger charge is -2.16. The van der Waals surface area contributed by atoms with E-state index in [1.807, 2.05) is 0 Å². The molecule has 0 radical (unpaired) electrons. The Labute approximate surface area is 150 Å². The van der Waals surface area contributed by atoms with Crippen molar-refractivity contribution in [2.24, 2.45) is 4.99 Å². The van der Waals surface area contributed by atoms with Crippen LogP contribution in [0.4, 0.5) is 0 Å². The maximum Gasteiger partial charge on any atom is 0.119 e. The van der Waals surface area contributed by atoms with Crippen LogP contribution in [0.2, 0.25) is 0 Å². The van der Waals surface area contributed by atoms with Crippen LogP contribution in [-0.4, -0.2) is 18.9 Å². The van der Waals surface area contributed by atoms with Gasteiger partial charge in [-0.3, -0.25) is 4.99 Å². The normalized spacial score (nSPS) is 13.9. The zero-order valence-corrected chi connectivity index (χ0v) is 15.6. The van der Waals surface area contributed by atoms with Crippen molar-refractivity contribution in [3.8, 4) is 5.75 Å². The van der Waals surface area contributed by atoms with Crippen molar-refractivity contribution >= 4 is 39.1 Å². The highest BCUT2D eigenvalue weighted by Crippen LogP contribution is 2.25. The highest BCUT2D eigenvalue weighted by Gasteiger charge is 2.13. The summed E-state index contributed by atoms with van der Waals surface area (Å²) < 4.78 is 6.97. The molecule has 0 saturated carbocycles. The molecule has 2 aromatic rings. The van der Waals surface area contributed by atoms with E-state index in [1.165, 1.54) is 16.0 Å². The molecule has 4 heteroatoms. The van der Waals surface area contributed by atoms with Gasteiger partial charge in [-0.1, -0.05) is 13.3 Å². The van der Waals surface area contributed by atoms with Crippen LogP contribution in [0.5, 0.6) is 5.75 Å². The van der Waals surface area contributed by atoms with Gasteiger partial charge >= 0.3 is 0 Å². The number of fused-ring (bicyclic) bond motifs is 1. The summed E-state index contributed by atoms with van der Waals surface area (Å²) in [6.45, 7) is 3.82. The first-order valence-corrected chi connectivity index (χ1v) is 9.61. The van der Waals surface area contributed by atoms with E-state index in [0.717, 1.165) is 47.7 Å². The lowest BCUT2D eigenvalue weighted by molar-refractivity contribution is 0.309. The number of thiophene rings is 1. The first-order valence-electron chi connectivity index (χ1n) is 8.00. The second kappa shape index (κ2) is 7.93. The number of hydrogen-bond acceptors (Lipinski definition) is 3. The SMILES string of the molecule is CCCCOc1ccc2c(c1)CCN=C2C=Cc1ccc(Br)s1. The lowest BCUT2D eigenvalue weighted by atomic mass is 9.97. The maximum atomic E-state index is 5.82. The lowest BCUT2D eigenvalue weighted by Crippen LogP contribution is -2.11. The zero-order valence-electron chi connectivity index (χ0n) is 13.2. The average Bonchev–Trinajstić information content (AvgIpc) is 2.98. The fourth-order valence-corrected chi connectivity index (χ4v) is 3.88. The third-order valence-corrected chi connectivity index (χ3v) is 5.37. The molecule has 0 saturated heterocycles. The Morgan fingerprint density at radius 2 is 2.17 bits per heavy atom. The Morgan fingerprint density at radius 3 is 2.96 bits per heavy atom. The van der Waals surface area contributed by atoms with Crippen LogP contribution in [0, 0.1) is 0 Å². The second-order valence-corrected chi connectivity index (χ2v) is 8.01. The average molecular weight is 390 g/mol. The van der Waals surface area contributed by atoms with E-state index in [2.05, 4.69) is 70.3 Å². The second-order valence-electron chi connectivity index (χ2n) is 5.51. The van der Waals surface area contributed by atoms with Crippen molar-refractivity contribution in [2.45, 2.75) is 26.2 Å². The molecule has 1 aliphatic heterocycles. The highest BCUT2D eigenvalue weighted by molar-refractivity contribution is 9.11. The predicted octanol–water partition coefficient (Wildman–Crippen LogP) is 5.75. The van der Waals surface area contributed by atoms with Crippen LogP contribution >= 0.6 is 27.3 Å². The summed E-state index contributed by atoms with van der Waals surface area (Å²) >= 11 is 5.22. The van der Waals surface area contributed by atoms with Gasteiger partial charge in [0.25, 0.3) is 0 Å². The van der Waals surface area contributed by atoms with E-state index in [9.17, 15) is 0 Å². The smallest absolute Gasteiger partial charge is 0.119 e. The molecule has 120 valence electrons. The molecule has 2 nitrogen and oxygen atoms in total. The molecule has 0 bridgehead atoms. The van der Waals surface area contributed by atoms with Gasteiger partial charge in [-0.2, -0.15) is 0 Å². The van der Waals surface area contributed by atoms with E-state index in [4.69, 9.17) is 4.74 Å². The van der Waals surface area contributed by atoms with Gasteiger partial charge in [0.1, 0.15) is 5.75 Å². The van der Waals surface area contributed by atoms with Gasteiger partial charge in [0, 0.05) is 17.0 Å². The van der Waals surface area contributed by atoms with E-state index in [0.29, 0.717) is 0 Å². The van der Waals surface area contributed by atoms with Crippen LogP contribution < -0.4 is 4.74 Å². The van der Waals surface area contributed by atoms with Gasteiger partial charge in [0.15, 0.2) is 0 Å². The summed E-state index contributed by atoms with van der Waals surface area (Å²) in [7, 11) is 0. The quantitative estimate of drug-likeness (QED) is 0.576. The summed E-state index contributed by atoms with van der Waals surface area (Å²) in [5, 5.41) is 0. The van der Waals surface area contributed by atoms with Crippen molar-refractivity contribution in [1.82, 2.24) is 0 Å². The molecule has 2 heterocycles. The Kier molecular flexibility index (Phi) is 5.68. The molecule has 1 aliphatic rings. The Morgan fingerprint density at radius 1 is 1.26 bits per heavy atom. The van der Waals surface area contributed by atoms with Gasteiger partial charge in [0.05, 0.1) is 16.1 Å². The monoisotopic (exact) mass is 389 g/mol. The Hall–Kier alpha value is -1.39. The summed E-state index contributed by atoms with van der Waals surface area (Å²) in [5.74, 6) is 0.976. The number of hydrogen-bond donors (Lipinski definition) is 0. The third kappa shape index (κ3) is 4.33. The number of nitrogens with zero attached hydrogens (tertiary/aromatic N) is 1. The fourth-order valence-electron chi connectivity index (χ4n) is 2.55. The van der Waals surface area contributed by atoms with Crippen LogP contribution in [0.1, 0.15) is 35.8 Å². The summed E-state index contributed by atoms with van der Waals surface area (Å²) in [5.41, 5.74) is 3.63. The molecular formula is C19H20BrNOS. The van der Waals surface area contributed by atoms with Crippen molar-refractivity contribution in [2.75, 3.05) is 13.2 Å². The van der Waals surface area contributed by atoms with Crippen LogP contribution in [-0.2, 0) is 6.42 Å². The van der Waals surface area contributed by atoms with Gasteiger partial charge < -0.3 is 4.74 Å². The molecule has 0 N–H and O–H groups in total. The first kappa shape index (κ1) is 16.5. The van der Waals surface area contributed by atoms with Crippen molar-refractivity contribution in [3.05, 3.63) is 56.2 Å². The fraction of sp³-hybridized carbons (Fsp3) is 0.316. The van der Waals surface area contributed by atoms with Crippen LogP contribution in [0.3, 0.4) is 0 Å². The molecule has 0 aliphatic carbocycles. The largest absolute Gasteiger partial charge is 0.494 e. The van der Waals surface area contributed by atoms with Gasteiger partial charge in [-0.25, -0.2) is 0 Å². The topological polar surface area (TPSA) is 21.6 Å². The van der Waals surface area contributed by atoms with Gasteiger partial charge in [-0.05, 0) is 76.8 Å². The molecule has 3 rings (SSSR count). The molecule has 0 fully saturated rings. The summed E-state index contributed by atoms with van der Waals surface area (Å²) in [6.07, 6.45) is 7.50. The summed E-state index contributed by atoms with van der Waals surface area (Å²) in [6, 6.07) is 10.6.